The normalized spacial score (nSPS) is 15.8. The summed E-state index contributed by atoms with van der Waals surface area (Å²) in [5.74, 6) is 1.53. The highest BCUT2D eigenvalue weighted by Crippen LogP contribution is 2.22. The van der Waals surface area contributed by atoms with E-state index in [1.165, 1.54) is 25.7 Å². The van der Waals surface area contributed by atoms with E-state index >= 15 is 0 Å². The number of hydrogen-bond acceptors (Lipinski definition) is 5. The Bertz CT molecular complexity index is 420. The van der Waals surface area contributed by atoms with Crippen molar-refractivity contribution in [2.24, 2.45) is 0 Å². The van der Waals surface area contributed by atoms with Crippen molar-refractivity contribution in [2.45, 2.75) is 38.6 Å². The molecule has 2 rings (SSSR count). The zero-order valence-electron chi connectivity index (χ0n) is 12.3. The fraction of sp³-hybridized carbons (Fsp3) is 0.714. The number of nitrogens with zero attached hydrogens (tertiary/aromatic N) is 3. The number of halogens is 1. The molecule has 0 radical (unpaired) electrons. The van der Waals surface area contributed by atoms with Crippen LogP contribution in [0.3, 0.4) is 0 Å². The van der Waals surface area contributed by atoms with E-state index in [4.69, 9.17) is 0 Å². The maximum Gasteiger partial charge on any atom is 0.224 e. The number of nitrogens with one attached hydrogen (secondary N) is 2. The van der Waals surface area contributed by atoms with E-state index in [-0.39, 0.29) is 0 Å². The molecule has 5 nitrogen and oxygen atoms in total. The van der Waals surface area contributed by atoms with Gasteiger partial charge in [0, 0.05) is 31.9 Å². The third-order valence-corrected chi connectivity index (χ3v) is 4.36. The fourth-order valence-corrected chi connectivity index (χ4v) is 2.94. The zero-order valence-corrected chi connectivity index (χ0v) is 13.9. The highest BCUT2D eigenvalue weighted by molar-refractivity contribution is 9.10. The van der Waals surface area contributed by atoms with Gasteiger partial charge in [-0.2, -0.15) is 4.98 Å². The minimum Gasteiger partial charge on any atom is -0.368 e. The van der Waals surface area contributed by atoms with Crippen LogP contribution in [0, 0.1) is 0 Å². The van der Waals surface area contributed by atoms with Gasteiger partial charge in [0.25, 0.3) is 0 Å². The van der Waals surface area contributed by atoms with Crippen molar-refractivity contribution in [1.29, 1.82) is 0 Å². The SMILES string of the molecule is CCNc1ncc(Br)c(NCCN(C)C2CCCC2)n1. The Morgan fingerprint density at radius 2 is 2.10 bits per heavy atom. The van der Waals surface area contributed by atoms with Gasteiger partial charge in [-0.05, 0) is 42.7 Å². The lowest BCUT2D eigenvalue weighted by Gasteiger charge is -2.24. The van der Waals surface area contributed by atoms with Crippen LogP contribution in [0.25, 0.3) is 0 Å². The summed E-state index contributed by atoms with van der Waals surface area (Å²) in [6, 6.07) is 0.767. The number of aromatic nitrogens is 2. The molecule has 0 bridgehead atoms. The summed E-state index contributed by atoms with van der Waals surface area (Å²) in [6.45, 7) is 4.80. The third-order valence-electron chi connectivity index (χ3n) is 3.78. The van der Waals surface area contributed by atoms with Crippen molar-refractivity contribution in [3.05, 3.63) is 10.7 Å². The van der Waals surface area contributed by atoms with E-state index in [9.17, 15) is 0 Å². The predicted molar refractivity (Wildman–Crippen MR) is 87.3 cm³/mol. The molecular formula is C14H24BrN5. The zero-order chi connectivity index (χ0) is 14.4. The van der Waals surface area contributed by atoms with Gasteiger partial charge in [-0.25, -0.2) is 4.98 Å². The Labute approximate surface area is 129 Å². The Balaban J connectivity index is 1.82. The molecule has 6 heteroatoms. The second-order valence-electron chi connectivity index (χ2n) is 5.27. The third kappa shape index (κ3) is 4.31. The molecule has 1 aromatic rings. The van der Waals surface area contributed by atoms with Crippen LogP contribution in [0.15, 0.2) is 10.7 Å². The van der Waals surface area contributed by atoms with Crippen LogP contribution < -0.4 is 10.6 Å². The summed E-state index contributed by atoms with van der Waals surface area (Å²) >= 11 is 3.49. The molecule has 0 amide bonds. The second kappa shape index (κ2) is 7.78. The van der Waals surface area contributed by atoms with Gasteiger partial charge in [0.15, 0.2) is 0 Å². The lowest BCUT2D eigenvalue weighted by atomic mass is 10.2. The molecule has 1 heterocycles. The first kappa shape index (κ1) is 15.5. The van der Waals surface area contributed by atoms with E-state index in [1.807, 2.05) is 6.92 Å². The standard InChI is InChI=1S/C14H24BrN5/c1-3-16-14-18-10-12(15)13(19-14)17-8-9-20(2)11-6-4-5-7-11/h10-11H,3-9H2,1-2H3,(H2,16,17,18,19). The molecule has 0 aliphatic heterocycles. The summed E-state index contributed by atoms with van der Waals surface area (Å²) in [5.41, 5.74) is 0. The van der Waals surface area contributed by atoms with Gasteiger partial charge < -0.3 is 15.5 Å². The maximum absolute atomic E-state index is 4.46. The van der Waals surface area contributed by atoms with Crippen LogP contribution in [0.4, 0.5) is 11.8 Å². The molecule has 1 saturated carbocycles. The lowest BCUT2D eigenvalue weighted by molar-refractivity contribution is 0.254. The number of hydrogen-bond donors (Lipinski definition) is 2. The number of likely N-dealkylation sites (N-methyl/N-ethyl adjacent to an activating group) is 1. The summed E-state index contributed by atoms with van der Waals surface area (Å²) in [7, 11) is 2.22. The Morgan fingerprint density at radius 3 is 2.80 bits per heavy atom. The summed E-state index contributed by atoms with van der Waals surface area (Å²) < 4.78 is 0.905. The summed E-state index contributed by atoms with van der Waals surface area (Å²) in [5, 5.41) is 6.51. The van der Waals surface area contributed by atoms with Crippen molar-refractivity contribution in [1.82, 2.24) is 14.9 Å². The molecule has 0 unspecified atom stereocenters. The summed E-state index contributed by atoms with van der Waals surface area (Å²) in [4.78, 5) is 11.1. The van der Waals surface area contributed by atoms with Gasteiger partial charge in [0.05, 0.1) is 4.47 Å². The van der Waals surface area contributed by atoms with Crippen LogP contribution in [-0.4, -0.2) is 47.6 Å². The fourth-order valence-electron chi connectivity index (χ4n) is 2.61. The van der Waals surface area contributed by atoms with Gasteiger partial charge in [-0.15, -0.1) is 0 Å². The molecule has 112 valence electrons. The summed E-state index contributed by atoms with van der Waals surface area (Å²) in [6.07, 6.45) is 7.24. The topological polar surface area (TPSA) is 53.1 Å². The smallest absolute Gasteiger partial charge is 0.224 e. The van der Waals surface area contributed by atoms with Crippen molar-refractivity contribution >= 4 is 27.7 Å². The monoisotopic (exact) mass is 341 g/mol. The van der Waals surface area contributed by atoms with Gasteiger partial charge in [0.1, 0.15) is 5.82 Å². The molecular weight excluding hydrogens is 318 g/mol. The van der Waals surface area contributed by atoms with Crippen LogP contribution in [-0.2, 0) is 0 Å². The van der Waals surface area contributed by atoms with Crippen LogP contribution >= 0.6 is 15.9 Å². The molecule has 0 saturated heterocycles. The minimum absolute atomic E-state index is 0.669. The number of rotatable bonds is 7. The van der Waals surface area contributed by atoms with Crippen molar-refractivity contribution < 1.29 is 0 Å². The van der Waals surface area contributed by atoms with Crippen LogP contribution in [0.5, 0.6) is 0 Å². The van der Waals surface area contributed by atoms with Gasteiger partial charge in [0.2, 0.25) is 5.95 Å². The number of anilines is 2. The molecule has 1 aromatic heterocycles. The average Bonchev–Trinajstić information content (AvgIpc) is 2.96. The largest absolute Gasteiger partial charge is 0.368 e. The molecule has 2 N–H and O–H groups in total. The highest BCUT2D eigenvalue weighted by Gasteiger charge is 2.18. The van der Waals surface area contributed by atoms with Crippen LogP contribution in [0.2, 0.25) is 0 Å². The van der Waals surface area contributed by atoms with Gasteiger partial charge in [-0.3, -0.25) is 0 Å². The van der Waals surface area contributed by atoms with E-state index in [2.05, 4.69) is 48.5 Å². The van der Waals surface area contributed by atoms with E-state index in [0.29, 0.717) is 5.95 Å². The van der Waals surface area contributed by atoms with Crippen molar-refractivity contribution in [2.75, 3.05) is 37.3 Å². The van der Waals surface area contributed by atoms with Crippen molar-refractivity contribution in [3.8, 4) is 0 Å². The lowest BCUT2D eigenvalue weighted by Crippen LogP contribution is -2.33. The molecule has 0 atom stereocenters. The van der Waals surface area contributed by atoms with E-state index < -0.39 is 0 Å². The maximum atomic E-state index is 4.46. The molecule has 1 fully saturated rings. The molecule has 0 spiro atoms. The first-order chi connectivity index (χ1) is 9.70. The average molecular weight is 342 g/mol. The Kier molecular flexibility index (Phi) is 6.04. The van der Waals surface area contributed by atoms with Crippen LogP contribution in [0.1, 0.15) is 32.6 Å². The highest BCUT2D eigenvalue weighted by atomic mass is 79.9. The molecule has 1 aliphatic carbocycles. The van der Waals surface area contributed by atoms with Gasteiger partial charge in [-0.1, -0.05) is 12.8 Å². The first-order valence-corrected chi connectivity index (χ1v) is 8.20. The predicted octanol–water partition coefficient (Wildman–Crippen LogP) is 2.96. The van der Waals surface area contributed by atoms with Gasteiger partial charge >= 0.3 is 0 Å². The second-order valence-corrected chi connectivity index (χ2v) is 6.12. The van der Waals surface area contributed by atoms with E-state index in [1.54, 1.807) is 6.20 Å². The molecule has 1 aliphatic rings. The molecule has 20 heavy (non-hydrogen) atoms. The first-order valence-electron chi connectivity index (χ1n) is 7.41. The Morgan fingerprint density at radius 1 is 1.35 bits per heavy atom. The Hall–Kier alpha value is -0.880. The minimum atomic E-state index is 0.669. The quantitative estimate of drug-likeness (QED) is 0.798. The van der Waals surface area contributed by atoms with E-state index in [0.717, 1.165) is 36.0 Å². The van der Waals surface area contributed by atoms with Crippen molar-refractivity contribution in [3.63, 3.8) is 0 Å². The molecule has 0 aromatic carbocycles.